The summed E-state index contributed by atoms with van der Waals surface area (Å²) in [7, 11) is 0. The largest absolute Gasteiger partial charge is 0.380 e. The summed E-state index contributed by atoms with van der Waals surface area (Å²) >= 11 is 11.8. The summed E-state index contributed by atoms with van der Waals surface area (Å²) in [5.41, 5.74) is 6.71. The molecule has 1 aromatic carbocycles. The van der Waals surface area contributed by atoms with Gasteiger partial charge in [0.1, 0.15) is 0 Å². The lowest BCUT2D eigenvalue weighted by molar-refractivity contribution is 0.133. The summed E-state index contributed by atoms with van der Waals surface area (Å²) in [5.74, 6) is 0. The van der Waals surface area contributed by atoms with Gasteiger partial charge in [-0.05, 0) is 30.7 Å². The molecule has 4 heteroatoms. The monoisotopic (exact) mass is 233 g/mol. The highest BCUT2D eigenvalue weighted by Gasteiger charge is 2.10. The normalized spacial score (nSPS) is 12.9. The van der Waals surface area contributed by atoms with Crippen molar-refractivity contribution in [2.75, 3.05) is 13.2 Å². The molecule has 78 valence electrons. The van der Waals surface area contributed by atoms with Crippen molar-refractivity contribution in [1.29, 1.82) is 0 Å². The van der Waals surface area contributed by atoms with Crippen molar-refractivity contribution in [2.45, 2.75) is 13.0 Å². The van der Waals surface area contributed by atoms with Gasteiger partial charge in [0.05, 0.1) is 12.6 Å². The molecule has 0 radical (unpaired) electrons. The van der Waals surface area contributed by atoms with Crippen LogP contribution in [0, 0.1) is 0 Å². The lowest BCUT2D eigenvalue weighted by atomic mass is 10.1. The van der Waals surface area contributed by atoms with E-state index in [2.05, 4.69) is 0 Å². The van der Waals surface area contributed by atoms with Gasteiger partial charge in [-0.2, -0.15) is 0 Å². The van der Waals surface area contributed by atoms with Crippen molar-refractivity contribution < 1.29 is 4.74 Å². The number of hydrogen-bond donors (Lipinski definition) is 1. The fraction of sp³-hybridized carbons (Fsp3) is 0.400. The molecule has 0 aliphatic heterocycles. The zero-order chi connectivity index (χ0) is 10.6. The molecule has 1 aromatic rings. The molecular formula is C10H13Cl2NO. The predicted octanol–water partition coefficient (Wildman–Crippen LogP) is 3.03. The maximum Gasteiger partial charge on any atom is 0.0659 e. The second-order valence-corrected chi connectivity index (χ2v) is 3.78. The molecule has 1 unspecified atom stereocenters. The summed E-state index contributed by atoms with van der Waals surface area (Å²) in [4.78, 5) is 0. The second kappa shape index (κ2) is 5.56. The molecule has 2 N–H and O–H groups in total. The van der Waals surface area contributed by atoms with E-state index >= 15 is 0 Å². The van der Waals surface area contributed by atoms with Crippen LogP contribution < -0.4 is 5.73 Å². The molecular weight excluding hydrogens is 221 g/mol. The Labute approximate surface area is 94.0 Å². The Morgan fingerprint density at radius 1 is 1.43 bits per heavy atom. The summed E-state index contributed by atoms with van der Waals surface area (Å²) in [6.07, 6.45) is 0. The van der Waals surface area contributed by atoms with Crippen LogP contribution in [-0.2, 0) is 4.74 Å². The molecule has 1 atom stereocenters. The molecule has 0 heterocycles. The Kier molecular flexibility index (Phi) is 4.69. The molecule has 0 saturated heterocycles. The molecule has 2 nitrogen and oxygen atoms in total. The van der Waals surface area contributed by atoms with Gasteiger partial charge >= 0.3 is 0 Å². The second-order valence-electron chi connectivity index (χ2n) is 2.93. The van der Waals surface area contributed by atoms with Crippen LogP contribution in [-0.4, -0.2) is 13.2 Å². The topological polar surface area (TPSA) is 35.2 Å². The smallest absolute Gasteiger partial charge is 0.0659 e. The number of rotatable bonds is 4. The van der Waals surface area contributed by atoms with Gasteiger partial charge in [-0.25, -0.2) is 0 Å². The molecule has 0 aliphatic rings. The van der Waals surface area contributed by atoms with Crippen LogP contribution in [0.15, 0.2) is 18.2 Å². The highest BCUT2D eigenvalue weighted by atomic mass is 35.5. The van der Waals surface area contributed by atoms with Crippen molar-refractivity contribution in [3.05, 3.63) is 33.8 Å². The maximum absolute atomic E-state index is 5.98. The van der Waals surface area contributed by atoms with Crippen molar-refractivity contribution >= 4 is 23.2 Å². The van der Waals surface area contributed by atoms with Crippen LogP contribution >= 0.6 is 23.2 Å². The van der Waals surface area contributed by atoms with Crippen molar-refractivity contribution in [1.82, 2.24) is 0 Å². The molecule has 0 aromatic heterocycles. The summed E-state index contributed by atoms with van der Waals surface area (Å²) in [6, 6.07) is 5.03. The summed E-state index contributed by atoms with van der Waals surface area (Å²) in [5, 5.41) is 1.26. The van der Waals surface area contributed by atoms with E-state index in [1.165, 1.54) is 0 Å². The standard InChI is InChI=1S/C10H13Cl2NO/c1-2-14-6-10(13)8-5-7(11)3-4-9(8)12/h3-5,10H,2,6,13H2,1H3. The van der Waals surface area contributed by atoms with Gasteiger partial charge in [0, 0.05) is 16.7 Å². The quantitative estimate of drug-likeness (QED) is 0.868. The van der Waals surface area contributed by atoms with Crippen molar-refractivity contribution in [3.8, 4) is 0 Å². The number of nitrogens with two attached hydrogens (primary N) is 1. The lowest BCUT2D eigenvalue weighted by Gasteiger charge is -2.13. The fourth-order valence-electron chi connectivity index (χ4n) is 1.13. The molecule has 0 aliphatic carbocycles. The number of hydrogen-bond acceptors (Lipinski definition) is 2. The summed E-state index contributed by atoms with van der Waals surface area (Å²) in [6.45, 7) is 3.02. The Hall–Kier alpha value is -0.280. The van der Waals surface area contributed by atoms with Crippen LogP contribution in [0.2, 0.25) is 10.0 Å². The number of benzene rings is 1. The molecule has 0 amide bonds. The van der Waals surface area contributed by atoms with E-state index in [1.807, 2.05) is 6.92 Å². The van der Waals surface area contributed by atoms with E-state index in [0.29, 0.717) is 23.3 Å². The third-order valence-corrected chi connectivity index (χ3v) is 2.44. The zero-order valence-electron chi connectivity index (χ0n) is 7.97. The number of halogens is 2. The average molecular weight is 234 g/mol. The van der Waals surface area contributed by atoms with Crippen LogP contribution in [0.1, 0.15) is 18.5 Å². The first-order valence-corrected chi connectivity index (χ1v) is 5.19. The zero-order valence-corrected chi connectivity index (χ0v) is 9.48. The van der Waals surface area contributed by atoms with E-state index in [9.17, 15) is 0 Å². The van der Waals surface area contributed by atoms with Crippen molar-refractivity contribution in [3.63, 3.8) is 0 Å². The Bertz CT molecular complexity index is 304. The molecule has 0 bridgehead atoms. The van der Waals surface area contributed by atoms with Crippen LogP contribution in [0.25, 0.3) is 0 Å². The van der Waals surface area contributed by atoms with Gasteiger partial charge in [0.25, 0.3) is 0 Å². The van der Waals surface area contributed by atoms with Crippen LogP contribution in [0.4, 0.5) is 0 Å². The van der Waals surface area contributed by atoms with Crippen molar-refractivity contribution in [2.24, 2.45) is 5.73 Å². The van der Waals surface area contributed by atoms with Gasteiger partial charge in [-0.1, -0.05) is 23.2 Å². The fourth-order valence-corrected chi connectivity index (χ4v) is 1.57. The Balaban J connectivity index is 2.77. The number of ether oxygens (including phenoxy) is 1. The highest BCUT2D eigenvalue weighted by Crippen LogP contribution is 2.25. The van der Waals surface area contributed by atoms with E-state index < -0.39 is 0 Å². The van der Waals surface area contributed by atoms with Gasteiger partial charge in [-0.3, -0.25) is 0 Å². The van der Waals surface area contributed by atoms with Gasteiger partial charge in [0.2, 0.25) is 0 Å². The molecule has 0 fully saturated rings. The average Bonchev–Trinajstić information content (AvgIpc) is 2.18. The minimum absolute atomic E-state index is 0.221. The Morgan fingerprint density at radius 3 is 2.79 bits per heavy atom. The lowest BCUT2D eigenvalue weighted by Crippen LogP contribution is -2.17. The van der Waals surface area contributed by atoms with E-state index in [1.54, 1.807) is 18.2 Å². The maximum atomic E-state index is 5.98. The third-order valence-electron chi connectivity index (χ3n) is 1.86. The predicted molar refractivity (Wildman–Crippen MR) is 59.9 cm³/mol. The van der Waals surface area contributed by atoms with Gasteiger partial charge in [0.15, 0.2) is 0 Å². The molecule has 14 heavy (non-hydrogen) atoms. The SMILES string of the molecule is CCOCC(N)c1cc(Cl)ccc1Cl. The van der Waals surface area contributed by atoms with Crippen LogP contribution in [0.3, 0.4) is 0 Å². The first kappa shape index (κ1) is 11.8. The minimum Gasteiger partial charge on any atom is -0.380 e. The molecule has 1 rings (SSSR count). The molecule has 0 spiro atoms. The van der Waals surface area contributed by atoms with E-state index in [0.717, 1.165) is 5.56 Å². The van der Waals surface area contributed by atoms with E-state index in [-0.39, 0.29) is 6.04 Å². The third kappa shape index (κ3) is 3.14. The van der Waals surface area contributed by atoms with Gasteiger partial charge < -0.3 is 10.5 Å². The van der Waals surface area contributed by atoms with E-state index in [4.69, 9.17) is 33.7 Å². The molecule has 0 saturated carbocycles. The van der Waals surface area contributed by atoms with Crippen LogP contribution in [0.5, 0.6) is 0 Å². The first-order chi connectivity index (χ1) is 6.65. The highest BCUT2D eigenvalue weighted by molar-refractivity contribution is 6.33. The minimum atomic E-state index is -0.221. The Morgan fingerprint density at radius 2 is 2.14 bits per heavy atom. The first-order valence-electron chi connectivity index (χ1n) is 4.43. The summed E-state index contributed by atoms with van der Waals surface area (Å²) < 4.78 is 5.22. The van der Waals surface area contributed by atoms with Gasteiger partial charge in [-0.15, -0.1) is 0 Å².